The molecule has 0 aromatic carbocycles. The highest BCUT2D eigenvalue weighted by atomic mass is 16.6. The molecule has 0 amide bonds. The number of anilines is 1. The van der Waals surface area contributed by atoms with Gasteiger partial charge < -0.3 is 10.2 Å². The number of aromatic nitrogens is 1. The van der Waals surface area contributed by atoms with E-state index in [2.05, 4.69) is 29.0 Å². The molecule has 0 radical (unpaired) electrons. The Morgan fingerprint density at radius 2 is 2.11 bits per heavy atom. The zero-order valence-corrected chi connectivity index (χ0v) is 12.0. The van der Waals surface area contributed by atoms with E-state index in [1.54, 1.807) is 19.2 Å². The zero-order valence-electron chi connectivity index (χ0n) is 12.0. The predicted molar refractivity (Wildman–Crippen MR) is 76.5 cm³/mol. The molecule has 0 bridgehead atoms. The van der Waals surface area contributed by atoms with Crippen molar-refractivity contribution in [1.82, 2.24) is 9.88 Å². The standard InChI is InChI=1S/C13H22N4O2/c1-5-16(6-2)9-11(4)15-13-12(17(18)19)7-10(3)8-14-13/h7-8,11H,5-6,9H2,1-4H3,(H,14,15). The number of nitrogens with zero attached hydrogens (tertiary/aromatic N) is 3. The number of aryl methyl sites for hydroxylation is 1. The highest BCUT2D eigenvalue weighted by molar-refractivity contribution is 5.57. The number of hydrogen-bond donors (Lipinski definition) is 1. The number of likely N-dealkylation sites (N-methyl/N-ethyl adjacent to an activating group) is 1. The summed E-state index contributed by atoms with van der Waals surface area (Å²) in [5, 5.41) is 14.1. The quantitative estimate of drug-likeness (QED) is 0.606. The lowest BCUT2D eigenvalue weighted by molar-refractivity contribution is -0.384. The van der Waals surface area contributed by atoms with E-state index in [-0.39, 0.29) is 11.7 Å². The predicted octanol–water partition coefficient (Wildman–Crippen LogP) is 2.44. The molecule has 0 aliphatic carbocycles. The first-order valence-corrected chi connectivity index (χ1v) is 6.57. The Hall–Kier alpha value is -1.69. The van der Waals surface area contributed by atoms with Gasteiger partial charge in [0.05, 0.1) is 4.92 Å². The molecule has 1 N–H and O–H groups in total. The van der Waals surface area contributed by atoms with Crippen LogP contribution in [0.5, 0.6) is 0 Å². The molecule has 0 fully saturated rings. The van der Waals surface area contributed by atoms with Crippen LogP contribution in [0.4, 0.5) is 11.5 Å². The van der Waals surface area contributed by atoms with Crippen molar-refractivity contribution in [3.8, 4) is 0 Å². The molecule has 0 saturated heterocycles. The maximum absolute atomic E-state index is 11.0. The Balaban J connectivity index is 2.78. The van der Waals surface area contributed by atoms with Crippen molar-refractivity contribution in [3.63, 3.8) is 0 Å². The average Bonchev–Trinajstić information content (AvgIpc) is 2.37. The van der Waals surface area contributed by atoms with Crippen molar-refractivity contribution in [2.45, 2.75) is 33.7 Å². The Bertz CT molecular complexity index is 433. The summed E-state index contributed by atoms with van der Waals surface area (Å²) in [6, 6.07) is 1.65. The van der Waals surface area contributed by atoms with Gasteiger partial charge in [-0.15, -0.1) is 0 Å². The molecule has 1 unspecified atom stereocenters. The first-order valence-electron chi connectivity index (χ1n) is 6.57. The van der Waals surface area contributed by atoms with Gasteiger partial charge in [0.2, 0.25) is 5.82 Å². The molecule has 1 heterocycles. The van der Waals surface area contributed by atoms with Gasteiger partial charge in [-0.25, -0.2) is 4.98 Å². The van der Waals surface area contributed by atoms with E-state index >= 15 is 0 Å². The van der Waals surface area contributed by atoms with Gasteiger partial charge in [0.15, 0.2) is 0 Å². The molecular formula is C13H22N4O2. The van der Waals surface area contributed by atoms with Crippen LogP contribution in [0.25, 0.3) is 0 Å². The summed E-state index contributed by atoms with van der Waals surface area (Å²) in [4.78, 5) is 17.0. The molecule has 1 aromatic rings. The number of pyridine rings is 1. The topological polar surface area (TPSA) is 71.3 Å². The molecule has 6 heteroatoms. The van der Waals surface area contributed by atoms with Crippen molar-refractivity contribution in [3.05, 3.63) is 27.9 Å². The van der Waals surface area contributed by atoms with Crippen molar-refractivity contribution in [1.29, 1.82) is 0 Å². The molecule has 1 rings (SSSR count). The third kappa shape index (κ3) is 4.48. The average molecular weight is 266 g/mol. The van der Waals surface area contributed by atoms with Gasteiger partial charge in [-0.3, -0.25) is 10.1 Å². The minimum atomic E-state index is -0.396. The molecule has 1 aromatic heterocycles. The van der Waals surface area contributed by atoms with E-state index in [4.69, 9.17) is 0 Å². The van der Waals surface area contributed by atoms with Crippen LogP contribution in [0, 0.1) is 17.0 Å². The van der Waals surface area contributed by atoms with E-state index in [0.717, 1.165) is 25.2 Å². The fourth-order valence-electron chi connectivity index (χ4n) is 1.95. The first kappa shape index (κ1) is 15.4. The molecule has 1 atom stereocenters. The third-order valence-electron chi connectivity index (χ3n) is 3.01. The third-order valence-corrected chi connectivity index (χ3v) is 3.01. The van der Waals surface area contributed by atoms with E-state index in [1.165, 1.54) is 0 Å². The summed E-state index contributed by atoms with van der Waals surface area (Å²) in [5.41, 5.74) is 0.819. The second kappa shape index (κ2) is 7.04. The van der Waals surface area contributed by atoms with Crippen molar-refractivity contribution in [2.24, 2.45) is 0 Å². The summed E-state index contributed by atoms with van der Waals surface area (Å²) >= 11 is 0. The minimum absolute atomic E-state index is 0.0337. The molecule has 0 spiro atoms. The van der Waals surface area contributed by atoms with Crippen LogP contribution in [0.1, 0.15) is 26.3 Å². The van der Waals surface area contributed by atoms with Crippen LogP contribution in [0.15, 0.2) is 12.3 Å². The fraction of sp³-hybridized carbons (Fsp3) is 0.615. The van der Waals surface area contributed by atoms with Gasteiger partial charge in [0, 0.05) is 24.8 Å². The number of rotatable bonds is 7. The highest BCUT2D eigenvalue weighted by Crippen LogP contribution is 2.23. The second-order valence-corrected chi connectivity index (χ2v) is 4.67. The maximum Gasteiger partial charge on any atom is 0.311 e. The number of nitro groups is 1. The van der Waals surface area contributed by atoms with Crippen LogP contribution in [0.2, 0.25) is 0 Å². The Morgan fingerprint density at radius 1 is 1.47 bits per heavy atom. The SMILES string of the molecule is CCN(CC)CC(C)Nc1ncc(C)cc1[N+](=O)[O-]. The van der Waals surface area contributed by atoms with Gasteiger partial charge in [-0.2, -0.15) is 0 Å². The van der Waals surface area contributed by atoms with Crippen LogP contribution in [-0.2, 0) is 0 Å². The zero-order chi connectivity index (χ0) is 14.4. The van der Waals surface area contributed by atoms with Gasteiger partial charge >= 0.3 is 5.69 Å². The van der Waals surface area contributed by atoms with Gasteiger partial charge in [-0.1, -0.05) is 13.8 Å². The molecular weight excluding hydrogens is 244 g/mol. The van der Waals surface area contributed by atoms with Crippen molar-refractivity contribution in [2.75, 3.05) is 25.0 Å². The Morgan fingerprint density at radius 3 is 2.63 bits per heavy atom. The summed E-state index contributed by atoms with van der Waals surface area (Å²) in [6.07, 6.45) is 1.64. The maximum atomic E-state index is 11.0. The van der Waals surface area contributed by atoms with Gasteiger partial charge in [0.25, 0.3) is 0 Å². The monoisotopic (exact) mass is 266 g/mol. The van der Waals surface area contributed by atoms with E-state index in [0.29, 0.717) is 5.82 Å². The lowest BCUT2D eigenvalue weighted by Crippen LogP contribution is -2.35. The smallest absolute Gasteiger partial charge is 0.311 e. The van der Waals surface area contributed by atoms with Crippen molar-refractivity contribution >= 4 is 11.5 Å². The van der Waals surface area contributed by atoms with E-state index in [1.807, 2.05) is 6.92 Å². The minimum Gasteiger partial charge on any atom is -0.361 e. The van der Waals surface area contributed by atoms with E-state index < -0.39 is 4.92 Å². The molecule has 106 valence electrons. The summed E-state index contributed by atoms with van der Waals surface area (Å²) in [6.45, 7) is 10.8. The largest absolute Gasteiger partial charge is 0.361 e. The molecule has 0 aliphatic heterocycles. The number of hydrogen-bond acceptors (Lipinski definition) is 5. The van der Waals surface area contributed by atoms with Crippen molar-refractivity contribution < 1.29 is 4.92 Å². The molecule has 6 nitrogen and oxygen atoms in total. The van der Waals surface area contributed by atoms with Crippen LogP contribution in [-0.4, -0.2) is 40.5 Å². The molecule has 0 saturated carbocycles. The highest BCUT2D eigenvalue weighted by Gasteiger charge is 2.17. The van der Waals surface area contributed by atoms with Crippen LogP contribution < -0.4 is 5.32 Å². The van der Waals surface area contributed by atoms with Gasteiger partial charge in [0.1, 0.15) is 0 Å². The van der Waals surface area contributed by atoms with Gasteiger partial charge in [-0.05, 0) is 32.5 Å². The summed E-state index contributed by atoms with van der Waals surface area (Å²) < 4.78 is 0. The van der Waals surface area contributed by atoms with E-state index in [9.17, 15) is 10.1 Å². The molecule has 19 heavy (non-hydrogen) atoms. The summed E-state index contributed by atoms with van der Waals surface area (Å²) in [5.74, 6) is 0.343. The lowest BCUT2D eigenvalue weighted by atomic mass is 10.2. The Kier molecular flexibility index (Phi) is 5.69. The fourth-order valence-corrected chi connectivity index (χ4v) is 1.95. The lowest BCUT2D eigenvalue weighted by Gasteiger charge is -2.23. The summed E-state index contributed by atoms with van der Waals surface area (Å²) in [7, 11) is 0. The molecule has 0 aliphatic rings. The van der Waals surface area contributed by atoms with Crippen LogP contribution >= 0.6 is 0 Å². The Labute approximate surface area is 114 Å². The number of nitrogens with one attached hydrogen (secondary N) is 1. The second-order valence-electron chi connectivity index (χ2n) is 4.67. The first-order chi connectivity index (χ1) is 8.97. The van der Waals surface area contributed by atoms with Crippen LogP contribution in [0.3, 0.4) is 0 Å². The normalized spacial score (nSPS) is 12.5.